The Morgan fingerprint density at radius 2 is 2.67 bits per heavy atom. The van der Waals surface area contributed by atoms with E-state index < -0.39 is 0 Å². The summed E-state index contributed by atoms with van der Waals surface area (Å²) in [4.78, 5) is 14.4. The third-order valence-corrected chi connectivity index (χ3v) is 1.24. The number of amides is 1. The zero-order chi connectivity index (χ0) is 8.81. The quantitative estimate of drug-likeness (QED) is 0.636. The average Bonchev–Trinajstić information content (AvgIpc) is 2.57. The molecule has 0 unspecified atom stereocenters. The second kappa shape index (κ2) is 4.27. The van der Waals surface area contributed by atoms with E-state index in [0.717, 1.165) is 0 Å². The molecule has 1 N–H and O–H groups in total. The number of aromatic nitrogens is 2. The number of hydrogen-bond acceptors (Lipinski definition) is 4. The highest BCUT2D eigenvalue weighted by Gasteiger charge is 1.98. The Bertz CT molecular complexity index is 256. The summed E-state index contributed by atoms with van der Waals surface area (Å²) in [7, 11) is 0. The molecule has 1 aromatic rings. The van der Waals surface area contributed by atoms with Gasteiger partial charge in [-0.15, -0.1) is 0 Å². The van der Waals surface area contributed by atoms with Gasteiger partial charge in [0.25, 0.3) is 0 Å². The smallest absolute Gasteiger partial charge is 0.243 e. The van der Waals surface area contributed by atoms with E-state index in [1.807, 2.05) is 0 Å². The zero-order valence-electron chi connectivity index (χ0n) is 6.49. The van der Waals surface area contributed by atoms with E-state index in [4.69, 9.17) is 0 Å². The molecule has 0 aliphatic rings. The van der Waals surface area contributed by atoms with Crippen LogP contribution in [0.3, 0.4) is 0 Å². The fourth-order valence-corrected chi connectivity index (χ4v) is 0.672. The third kappa shape index (κ3) is 2.53. The van der Waals surface area contributed by atoms with Crippen LogP contribution in [0, 0.1) is 0 Å². The number of rotatable bonds is 4. The van der Waals surface area contributed by atoms with E-state index >= 15 is 0 Å². The van der Waals surface area contributed by atoms with Gasteiger partial charge in [-0.3, -0.25) is 4.79 Å². The predicted octanol–water partition coefficient (Wildman–Crippen LogP) is -0.0857. The van der Waals surface area contributed by atoms with E-state index in [1.54, 1.807) is 0 Å². The highest BCUT2D eigenvalue weighted by atomic mass is 16.5. The van der Waals surface area contributed by atoms with Gasteiger partial charge in [0.05, 0.1) is 0 Å². The Morgan fingerprint density at radius 3 is 3.25 bits per heavy atom. The van der Waals surface area contributed by atoms with E-state index in [0.29, 0.717) is 18.8 Å². The SMILES string of the molecule is C=CC(=O)NCCc1ncon1. The van der Waals surface area contributed by atoms with E-state index in [2.05, 4.69) is 26.6 Å². The van der Waals surface area contributed by atoms with Crippen LogP contribution in [0.5, 0.6) is 0 Å². The number of nitrogens with one attached hydrogen (secondary N) is 1. The van der Waals surface area contributed by atoms with Gasteiger partial charge < -0.3 is 9.84 Å². The lowest BCUT2D eigenvalue weighted by atomic mass is 10.4. The van der Waals surface area contributed by atoms with Crippen molar-refractivity contribution in [3.05, 3.63) is 24.9 Å². The first-order valence-electron chi connectivity index (χ1n) is 3.48. The molecule has 5 heteroatoms. The maximum atomic E-state index is 10.6. The van der Waals surface area contributed by atoms with Crippen LogP contribution >= 0.6 is 0 Å². The van der Waals surface area contributed by atoms with Gasteiger partial charge in [0.1, 0.15) is 0 Å². The molecular weight excluding hydrogens is 158 g/mol. The first-order valence-corrected chi connectivity index (χ1v) is 3.48. The summed E-state index contributed by atoms with van der Waals surface area (Å²) in [6.45, 7) is 3.80. The lowest BCUT2D eigenvalue weighted by molar-refractivity contribution is -0.116. The molecule has 1 aromatic heterocycles. The molecule has 0 fully saturated rings. The zero-order valence-corrected chi connectivity index (χ0v) is 6.49. The van der Waals surface area contributed by atoms with Crippen LogP contribution < -0.4 is 5.32 Å². The van der Waals surface area contributed by atoms with Crippen molar-refractivity contribution < 1.29 is 9.32 Å². The Labute approximate surface area is 69.5 Å². The minimum absolute atomic E-state index is 0.196. The van der Waals surface area contributed by atoms with Gasteiger partial charge in [0.2, 0.25) is 12.3 Å². The Morgan fingerprint density at radius 1 is 1.83 bits per heavy atom. The molecule has 0 saturated carbocycles. The molecule has 0 aliphatic carbocycles. The second-order valence-electron chi connectivity index (χ2n) is 2.09. The van der Waals surface area contributed by atoms with Gasteiger partial charge in [-0.1, -0.05) is 11.7 Å². The number of hydrogen-bond donors (Lipinski definition) is 1. The largest absolute Gasteiger partial charge is 0.352 e. The number of carbonyl (C=O) groups is 1. The molecule has 0 atom stereocenters. The fraction of sp³-hybridized carbons (Fsp3) is 0.286. The molecule has 5 nitrogen and oxygen atoms in total. The molecule has 1 amide bonds. The summed E-state index contributed by atoms with van der Waals surface area (Å²) >= 11 is 0. The van der Waals surface area contributed by atoms with Gasteiger partial charge in [0, 0.05) is 13.0 Å². The lowest BCUT2D eigenvalue weighted by Gasteiger charge is -1.96. The Balaban J connectivity index is 2.19. The van der Waals surface area contributed by atoms with Crippen LogP contribution in [0.15, 0.2) is 23.6 Å². The Kier molecular flexibility index (Phi) is 3.01. The van der Waals surface area contributed by atoms with Crippen molar-refractivity contribution in [3.8, 4) is 0 Å². The first-order chi connectivity index (χ1) is 5.83. The van der Waals surface area contributed by atoms with E-state index in [-0.39, 0.29) is 5.91 Å². The highest BCUT2D eigenvalue weighted by Crippen LogP contribution is 1.87. The maximum Gasteiger partial charge on any atom is 0.243 e. The average molecular weight is 167 g/mol. The fourth-order valence-electron chi connectivity index (χ4n) is 0.672. The van der Waals surface area contributed by atoms with Gasteiger partial charge in [-0.25, -0.2) is 0 Å². The van der Waals surface area contributed by atoms with E-state index in [1.165, 1.54) is 12.5 Å². The van der Waals surface area contributed by atoms with Gasteiger partial charge in [-0.05, 0) is 6.08 Å². The molecular formula is C7H9N3O2. The molecule has 0 radical (unpaired) electrons. The van der Waals surface area contributed by atoms with Crippen molar-refractivity contribution in [2.45, 2.75) is 6.42 Å². The van der Waals surface area contributed by atoms with Crippen molar-refractivity contribution in [3.63, 3.8) is 0 Å². The highest BCUT2D eigenvalue weighted by molar-refractivity contribution is 5.86. The molecule has 0 spiro atoms. The maximum absolute atomic E-state index is 10.6. The third-order valence-electron chi connectivity index (χ3n) is 1.24. The van der Waals surface area contributed by atoms with Gasteiger partial charge in [-0.2, -0.15) is 4.98 Å². The summed E-state index contributed by atoms with van der Waals surface area (Å²) in [6.07, 6.45) is 3.04. The molecule has 0 saturated heterocycles. The number of nitrogens with zero attached hydrogens (tertiary/aromatic N) is 2. The summed E-state index contributed by atoms with van der Waals surface area (Å²) in [5, 5.41) is 6.17. The van der Waals surface area contributed by atoms with Gasteiger partial charge in [0.15, 0.2) is 5.82 Å². The first kappa shape index (κ1) is 8.45. The summed E-state index contributed by atoms with van der Waals surface area (Å²) < 4.78 is 4.50. The number of carbonyl (C=O) groups excluding carboxylic acids is 1. The van der Waals surface area contributed by atoms with Crippen molar-refractivity contribution >= 4 is 5.91 Å². The normalized spacial score (nSPS) is 9.33. The molecule has 0 aromatic carbocycles. The van der Waals surface area contributed by atoms with Crippen molar-refractivity contribution in [2.75, 3.05) is 6.54 Å². The van der Waals surface area contributed by atoms with Crippen LogP contribution in [0.1, 0.15) is 5.82 Å². The minimum Gasteiger partial charge on any atom is -0.352 e. The summed E-state index contributed by atoms with van der Waals surface area (Å²) in [5.74, 6) is 0.387. The lowest BCUT2D eigenvalue weighted by Crippen LogP contribution is -2.23. The molecule has 64 valence electrons. The second-order valence-corrected chi connectivity index (χ2v) is 2.09. The summed E-state index contributed by atoms with van der Waals surface area (Å²) in [6, 6.07) is 0. The van der Waals surface area contributed by atoms with Crippen molar-refractivity contribution in [1.82, 2.24) is 15.5 Å². The van der Waals surface area contributed by atoms with Crippen LogP contribution in [0.2, 0.25) is 0 Å². The van der Waals surface area contributed by atoms with Crippen molar-refractivity contribution in [2.24, 2.45) is 0 Å². The Hall–Kier alpha value is -1.65. The van der Waals surface area contributed by atoms with Crippen LogP contribution in [0.25, 0.3) is 0 Å². The van der Waals surface area contributed by atoms with Crippen molar-refractivity contribution in [1.29, 1.82) is 0 Å². The predicted molar refractivity (Wildman–Crippen MR) is 41.2 cm³/mol. The topological polar surface area (TPSA) is 68.0 Å². The monoisotopic (exact) mass is 167 g/mol. The van der Waals surface area contributed by atoms with Crippen LogP contribution in [0.4, 0.5) is 0 Å². The van der Waals surface area contributed by atoms with Crippen LogP contribution in [-0.2, 0) is 11.2 Å². The molecule has 0 bridgehead atoms. The van der Waals surface area contributed by atoms with Crippen LogP contribution in [-0.4, -0.2) is 22.6 Å². The molecule has 1 heterocycles. The summed E-state index contributed by atoms with van der Waals surface area (Å²) in [5.41, 5.74) is 0. The molecule has 1 rings (SSSR count). The molecule has 12 heavy (non-hydrogen) atoms. The molecule has 0 aliphatic heterocycles. The van der Waals surface area contributed by atoms with E-state index in [9.17, 15) is 4.79 Å². The standard InChI is InChI=1S/C7H9N3O2/c1-2-7(11)8-4-3-6-9-5-12-10-6/h2,5H,1,3-4H2,(H,8,11). The van der Waals surface area contributed by atoms with Gasteiger partial charge >= 0.3 is 0 Å². The minimum atomic E-state index is -0.196.